The lowest BCUT2D eigenvalue weighted by molar-refractivity contribution is 0.0982. The summed E-state index contributed by atoms with van der Waals surface area (Å²) in [5.74, 6) is 0. The Hall–Kier alpha value is -0.120. The highest BCUT2D eigenvalue weighted by Gasteiger charge is 2.31. The van der Waals surface area contributed by atoms with Crippen LogP contribution in [0.15, 0.2) is 0 Å². The molecule has 3 nitrogen and oxygen atoms in total. The zero-order valence-corrected chi connectivity index (χ0v) is 12.4. The predicted molar refractivity (Wildman–Crippen MR) is 78.4 cm³/mol. The number of nitrogens with zero attached hydrogens (tertiary/aromatic N) is 1. The molecule has 0 saturated carbocycles. The van der Waals surface area contributed by atoms with Crippen molar-refractivity contribution in [2.75, 3.05) is 19.7 Å². The van der Waals surface area contributed by atoms with Gasteiger partial charge in [0.2, 0.25) is 0 Å². The smallest absolute Gasteiger partial charge is 0.0576 e. The van der Waals surface area contributed by atoms with Crippen molar-refractivity contribution < 1.29 is 4.74 Å². The summed E-state index contributed by atoms with van der Waals surface area (Å²) in [5.41, 5.74) is 0. The summed E-state index contributed by atoms with van der Waals surface area (Å²) in [6.07, 6.45) is 11.2. The molecule has 3 rings (SSSR count). The molecule has 0 bridgehead atoms. The number of piperidine rings is 1. The van der Waals surface area contributed by atoms with E-state index in [0.717, 1.165) is 18.7 Å². The molecule has 3 fully saturated rings. The third-order valence-corrected chi connectivity index (χ3v) is 5.29. The Morgan fingerprint density at radius 1 is 1.21 bits per heavy atom. The van der Waals surface area contributed by atoms with E-state index >= 15 is 0 Å². The van der Waals surface area contributed by atoms with Crippen molar-refractivity contribution in [2.24, 2.45) is 0 Å². The monoisotopic (exact) mass is 266 g/mol. The first-order valence-electron chi connectivity index (χ1n) is 8.43. The number of ether oxygens (including phenoxy) is 1. The molecule has 3 aliphatic rings. The van der Waals surface area contributed by atoms with E-state index in [9.17, 15) is 0 Å². The van der Waals surface area contributed by atoms with Gasteiger partial charge in [0.1, 0.15) is 0 Å². The first-order valence-corrected chi connectivity index (χ1v) is 8.43. The summed E-state index contributed by atoms with van der Waals surface area (Å²) >= 11 is 0. The van der Waals surface area contributed by atoms with Gasteiger partial charge >= 0.3 is 0 Å². The second-order valence-electron chi connectivity index (χ2n) is 6.83. The molecule has 0 amide bonds. The molecule has 19 heavy (non-hydrogen) atoms. The Bertz CT molecular complexity index is 278. The van der Waals surface area contributed by atoms with Crippen LogP contribution in [0.3, 0.4) is 0 Å². The first kappa shape index (κ1) is 13.8. The Morgan fingerprint density at radius 3 is 3.00 bits per heavy atom. The third-order valence-electron chi connectivity index (χ3n) is 5.29. The van der Waals surface area contributed by atoms with Crippen molar-refractivity contribution in [3.05, 3.63) is 0 Å². The molecule has 1 N–H and O–H groups in total. The van der Waals surface area contributed by atoms with Crippen molar-refractivity contribution in [2.45, 2.75) is 82.5 Å². The van der Waals surface area contributed by atoms with Crippen LogP contribution in [0, 0.1) is 0 Å². The summed E-state index contributed by atoms with van der Waals surface area (Å²) in [5, 5.41) is 3.87. The van der Waals surface area contributed by atoms with Gasteiger partial charge in [-0.3, -0.25) is 0 Å². The van der Waals surface area contributed by atoms with Crippen LogP contribution in [0.1, 0.15) is 58.3 Å². The van der Waals surface area contributed by atoms with Crippen LogP contribution in [0.4, 0.5) is 0 Å². The third kappa shape index (κ3) is 3.71. The Labute approximate surface area is 118 Å². The molecular weight excluding hydrogens is 236 g/mol. The van der Waals surface area contributed by atoms with E-state index in [-0.39, 0.29) is 0 Å². The van der Waals surface area contributed by atoms with Crippen LogP contribution in [0.5, 0.6) is 0 Å². The summed E-state index contributed by atoms with van der Waals surface area (Å²) < 4.78 is 5.72. The van der Waals surface area contributed by atoms with Gasteiger partial charge in [0.05, 0.1) is 6.10 Å². The van der Waals surface area contributed by atoms with Gasteiger partial charge in [0, 0.05) is 24.7 Å². The van der Waals surface area contributed by atoms with Crippen molar-refractivity contribution in [1.82, 2.24) is 10.2 Å². The van der Waals surface area contributed by atoms with Gasteiger partial charge in [-0.15, -0.1) is 0 Å². The standard InChI is InChI=1S/C16H30N2O/c1-13(6-7-16-5-3-11-19-16)17-14-8-10-18-9-2-4-15(18)12-14/h13-17H,2-12H2,1H3/t13-,14-,15-,16+/m1/s1. The van der Waals surface area contributed by atoms with Crippen LogP contribution in [0.2, 0.25) is 0 Å². The molecule has 4 atom stereocenters. The Kier molecular flexibility index (Phi) is 4.78. The van der Waals surface area contributed by atoms with E-state index in [1.807, 2.05) is 0 Å². The highest BCUT2D eigenvalue weighted by molar-refractivity contribution is 4.90. The molecule has 0 aromatic rings. The van der Waals surface area contributed by atoms with Crippen LogP contribution in [0.25, 0.3) is 0 Å². The Morgan fingerprint density at radius 2 is 2.16 bits per heavy atom. The van der Waals surface area contributed by atoms with Gasteiger partial charge in [-0.1, -0.05) is 0 Å². The maximum Gasteiger partial charge on any atom is 0.0576 e. The lowest BCUT2D eigenvalue weighted by Gasteiger charge is -2.36. The molecule has 3 heteroatoms. The van der Waals surface area contributed by atoms with Gasteiger partial charge in [-0.05, 0) is 71.4 Å². The number of hydrogen-bond acceptors (Lipinski definition) is 3. The molecule has 0 radical (unpaired) electrons. The normalized spacial score (nSPS) is 37.4. The summed E-state index contributed by atoms with van der Waals surface area (Å²) in [4.78, 5) is 2.70. The zero-order valence-electron chi connectivity index (χ0n) is 12.4. The topological polar surface area (TPSA) is 24.5 Å². The van der Waals surface area contributed by atoms with E-state index in [1.165, 1.54) is 64.5 Å². The average Bonchev–Trinajstić information content (AvgIpc) is 3.07. The van der Waals surface area contributed by atoms with E-state index in [2.05, 4.69) is 17.1 Å². The lowest BCUT2D eigenvalue weighted by atomic mass is 9.96. The molecular formula is C16H30N2O. The lowest BCUT2D eigenvalue weighted by Crippen LogP contribution is -2.48. The second-order valence-corrected chi connectivity index (χ2v) is 6.83. The van der Waals surface area contributed by atoms with Gasteiger partial charge in [0.15, 0.2) is 0 Å². The number of nitrogens with one attached hydrogen (secondary N) is 1. The van der Waals surface area contributed by atoms with Crippen molar-refractivity contribution in [3.8, 4) is 0 Å². The minimum absolute atomic E-state index is 0.556. The highest BCUT2D eigenvalue weighted by atomic mass is 16.5. The van der Waals surface area contributed by atoms with Gasteiger partial charge in [0.25, 0.3) is 0 Å². The molecule has 0 spiro atoms. The van der Waals surface area contributed by atoms with Gasteiger partial charge in [-0.25, -0.2) is 0 Å². The maximum atomic E-state index is 5.72. The Balaban J connectivity index is 1.36. The minimum atomic E-state index is 0.556. The van der Waals surface area contributed by atoms with E-state index in [1.54, 1.807) is 0 Å². The minimum Gasteiger partial charge on any atom is -0.378 e. The molecule has 0 aliphatic carbocycles. The first-order chi connectivity index (χ1) is 9.31. The number of fused-ring (bicyclic) bond motifs is 1. The fourth-order valence-electron chi connectivity index (χ4n) is 4.17. The number of hydrogen-bond donors (Lipinski definition) is 1. The van der Waals surface area contributed by atoms with Crippen molar-refractivity contribution >= 4 is 0 Å². The maximum absolute atomic E-state index is 5.72. The fourth-order valence-corrected chi connectivity index (χ4v) is 4.17. The molecule has 3 aliphatic heterocycles. The summed E-state index contributed by atoms with van der Waals surface area (Å²) in [6, 6.07) is 2.30. The van der Waals surface area contributed by atoms with E-state index < -0.39 is 0 Å². The molecule has 0 unspecified atom stereocenters. The SMILES string of the molecule is C[C@H](CC[C@@H]1CCCO1)N[C@@H]1CCN2CCC[C@@H]2C1. The average molecular weight is 266 g/mol. The molecule has 0 aromatic carbocycles. The second kappa shape index (κ2) is 6.55. The van der Waals surface area contributed by atoms with Crippen LogP contribution >= 0.6 is 0 Å². The summed E-state index contributed by atoms with van der Waals surface area (Å²) in [7, 11) is 0. The highest BCUT2D eigenvalue weighted by Crippen LogP contribution is 2.27. The molecule has 3 saturated heterocycles. The molecule has 110 valence electrons. The molecule has 0 aromatic heterocycles. The van der Waals surface area contributed by atoms with E-state index in [0.29, 0.717) is 12.1 Å². The van der Waals surface area contributed by atoms with Gasteiger partial charge < -0.3 is 15.0 Å². The van der Waals surface area contributed by atoms with Crippen LogP contribution in [-0.2, 0) is 4.74 Å². The quantitative estimate of drug-likeness (QED) is 0.827. The van der Waals surface area contributed by atoms with Crippen molar-refractivity contribution in [1.29, 1.82) is 0 Å². The van der Waals surface area contributed by atoms with Crippen molar-refractivity contribution in [3.63, 3.8) is 0 Å². The molecule has 3 heterocycles. The van der Waals surface area contributed by atoms with E-state index in [4.69, 9.17) is 4.74 Å². The largest absolute Gasteiger partial charge is 0.378 e. The van der Waals surface area contributed by atoms with Crippen LogP contribution in [-0.4, -0.2) is 48.8 Å². The zero-order chi connectivity index (χ0) is 13.1. The summed E-state index contributed by atoms with van der Waals surface area (Å²) in [6.45, 7) is 6.02. The number of rotatable bonds is 5. The predicted octanol–water partition coefficient (Wildman–Crippen LogP) is 2.55. The van der Waals surface area contributed by atoms with Crippen LogP contribution < -0.4 is 5.32 Å². The van der Waals surface area contributed by atoms with Gasteiger partial charge in [-0.2, -0.15) is 0 Å². The fraction of sp³-hybridized carbons (Fsp3) is 1.00.